The molecule has 1 aromatic carbocycles. The lowest BCUT2D eigenvalue weighted by molar-refractivity contribution is 0.0994. The highest BCUT2D eigenvalue weighted by molar-refractivity contribution is 6.32. The summed E-state index contributed by atoms with van der Waals surface area (Å²) < 4.78 is 10.9. The van der Waals surface area contributed by atoms with Crippen LogP contribution in [0.5, 0.6) is 0 Å². The highest BCUT2D eigenvalue weighted by atomic mass is 35.5. The first kappa shape index (κ1) is 16.8. The number of fused-ring (bicyclic) bond motifs is 2. The van der Waals surface area contributed by atoms with Crippen molar-refractivity contribution in [3.05, 3.63) is 56.0 Å². The van der Waals surface area contributed by atoms with Crippen LogP contribution in [0, 0.1) is 12.8 Å². The first-order valence-electron chi connectivity index (χ1n) is 8.45. The van der Waals surface area contributed by atoms with E-state index in [-0.39, 0.29) is 11.2 Å². The molecule has 1 amide bonds. The molecule has 4 rings (SSSR count). The van der Waals surface area contributed by atoms with Gasteiger partial charge in [-0.1, -0.05) is 23.7 Å². The number of nitrogens with one attached hydrogen (secondary N) is 1. The van der Waals surface area contributed by atoms with Gasteiger partial charge >= 0.3 is 0 Å². The average molecular weight is 373 g/mol. The SMILES string of the molecule is Cc1cc2oc(C(=O)Nc3onc4c3C[C@@H](C)CC4)cc(=O)c2cc1Cl. The zero-order chi connectivity index (χ0) is 18.4. The fraction of sp³-hybridized carbons (Fsp3) is 0.316. The number of carbonyl (C=O) groups excluding carboxylic acids is 1. The number of nitrogens with zero attached hydrogens (tertiary/aromatic N) is 1. The zero-order valence-electron chi connectivity index (χ0n) is 14.4. The molecule has 6 nitrogen and oxygen atoms in total. The van der Waals surface area contributed by atoms with E-state index < -0.39 is 5.91 Å². The summed E-state index contributed by atoms with van der Waals surface area (Å²) in [6.07, 6.45) is 2.68. The quantitative estimate of drug-likeness (QED) is 0.731. The Hall–Kier alpha value is -2.60. The smallest absolute Gasteiger partial charge is 0.293 e. The molecule has 1 atom stereocenters. The van der Waals surface area contributed by atoms with Crippen molar-refractivity contribution in [2.24, 2.45) is 5.92 Å². The normalized spacial score (nSPS) is 16.5. The molecule has 0 unspecified atom stereocenters. The molecule has 2 aromatic heterocycles. The number of benzene rings is 1. The fourth-order valence-corrected chi connectivity index (χ4v) is 3.40. The topological polar surface area (TPSA) is 85.3 Å². The number of halogens is 1. The molecule has 1 aliphatic rings. The van der Waals surface area contributed by atoms with E-state index in [2.05, 4.69) is 17.4 Å². The van der Waals surface area contributed by atoms with Crippen LogP contribution >= 0.6 is 11.6 Å². The van der Waals surface area contributed by atoms with Crippen molar-refractivity contribution in [1.29, 1.82) is 0 Å². The van der Waals surface area contributed by atoms with Crippen molar-refractivity contribution < 1.29 is 13.7 Å². The second kappa shape index (κ2) is 6.29. The molecule has 2 heterocycles. The van der Waals surface area contributed by atoms with E-state index in [1.807, 2.05) is 0 Å². The number of aromatic nitrogens is 1. The third-order valence-electron chi connectivity index (χ3n) is 4.76. The number of carbonyl (C=O) groups is 1. The molecular weight excluding hydrogens is 356 g/mol. The number of amides is 1. The second-order valence-corrected chi connectivity index (χ2v) is 7.22. The summed E-state index contributed by atoms with van der Waals surface area (Å²) in [6.45, 7) is 3.95. The van der Waals surface area contributed by atoms with Crippen LogP contribution in [0.2, 0.25) is 5.02 Å². The van der Waals surface area contributed by atoms with Crippen LogP contribution in [0.25, 0.3) is 11.0 Å². The van der Waals surface area contributed by atoms with Gasteiger partial charge in [-0.05, 0) is 49.8 Å². The lowest BCUT2D eigenvalue weighted by Crippen LogP contribution is -2.17. The summed E-state index contributed by atoms with van der Waals surface area (Å²) in [4.78, 5) is 24.9. The minimum atomic E-state index is -0.547. The number of hydrogen-bond acceptors (Lipinski definition) is 5. The van der Waals surface area contributed by atoms with E-state index in [0.717, 1.165) is 42.1 Å². The van der Waals surface area contributed by atoms with E-state index in [0.29, 0.717) is 27.8 Å². The maximum Gasteiger partial charge on any atom is 0.293 e. The lowest BCUT2D eigenvalue weighted by atomic mass is 9.89. The Balaban J connectivity index is 1.68. The first-order valence-corrected chi connectivity index (χ1v) is 8.83. The van der Waals surface area contributed by atoms with Gasteiger partial charge in [0.2, 0.25) is 5.88 Å². The molecule has 0 bridgehead atoms. The number of hydrogen-bond donors (Lipinski definition) is 1. The van der Waals surface area contributed by atoms with Gasteiger partial charge < -0.3 is 8.94 Å². The van der Waals surface area contributed by atoms with Crippen molar-refractivity contribution in [2.45, 2.75) is 33.1 Å². The van der Waals surface area contributed by atoms with Gasteiger partial charge in [-0.15, -0.1) is 0 Å². The van der Waals surface area contributed by atoms with Crippen LogP contribution in [0.3, 0.4) is 0 Å². The van der Waals surface area contributed by atoms with E-state index in [1.54, 1.807) is 19.1 Å². The third-order valence-corrected chi connectivity index (χ3v) is 5.16. The van der Waals surface area contributed by atoms with Gasteiger partial charge in [0.1, 0.15) is 5.58 Å². The van der Waals surface area contributed by atoms with E-state index in [1.165, 1.54) is 0 Å². The van der Waals surface area contributed by atoms with Crippen molar-refractivity contribution >= 4 is 34.4 Å². The Morgan fingerprint density at radius 2 is 2.15 bits per heavy atom. The number of rotatable bonds is 2. The Morgan fingerprint density at radius 3 is 2.96 bits per heavy atom. The summed E-state index contributed by atoms with van der Waals surface area (Å²) in [5.41, 5.74) is 2.55. The Kier molecular flexibility index (Phi) is 4.07. The Morgan fingerprint density at radius 1 is 1.35 bits per heavy atom. The van der Waals surface area contributed by atoms with Gasteiger partial charge in [-0.3, -0.25) is 14.9 Å². The fourth-order valence-electron chi connectivity index (χ4n) is 3.23. The van der Waals surface area contributed by atoms with E-state index in [9.17, 15) is 9.59 Å². The largest absolute Gasteiger partial charge is 0.451 e. The Labute approximate surface area is 154 Å². The molecule has 0 aliphatic heterocycles. The zero-order valence-corrected chi connectivity index (χ0v) is 15.1. The van der Waals surface area contributed by atoms with Gasteiger partial charge in [-0.25, -0.2) is 0 Å². The van der Waals surface area contributed by atoms with Crippen molar-refractivity contribution in [2.75, 3.05) is 5.32 Å². The van der Waals surface area contributed by atoms with Crippen LogP contribution in [0.15, 0.2) is 31.9 Å². The highest BCUT2D eigenvalue weighted by Gasteiger charge is 2.25. The second-order valence-electron chi connectivity index (χ2n) is 6.81. The first-order chi connectivity index (χ1) is 12.4. The molecule has 134 valence electrons. The van der Waals surface area contributed by atoms with Crippen LogP contribution in [0.1, 0.15) is 40.7 Å². The molecule has 1 aliphatic carbocycles. The molecule has 0 saturated heterocycles. The molecule has 0 radical (unpaired) electrons. The van der Waals surface area contributed by atoms with Gasteiger partial charge in [0.05, 0.1) is 11.1 Å². The molecular formula is C19H17ClN2O4. The minimum Gasteiger partial charge on any atom is -0.451 e. The maximum absolute atomic E-state index is 12.6. The van der Waals surface area contributed by atoms with Crippen LogP contribution in [-0.2, 0) is 12.8 Å². The van der Waals surface area contributed by atoms with Crippen molar-refractivity contribution in [3.8, 4) is 0 Å². The van der Waals surface area contributed by atoms with E-state index >= 15 is 0 Å². The molecule has 26 heavy (non-hydrogen) atoms. The standard InChI is InChI=1S/C19H17ClN2O4/c1-9-3-4-14-11(5-9)19(26-22-14)21-18(24)17-8-15(23)12-7-13(20)10(2)6-16(12)25-17/h6-9H,3-5H2,1-2H3,(H,21,24)/t9-/m0/s1. The summed E-state index contributed by atoms with van der Waals surface area (Å²) in [5.74, 6) is 0.197. The minimum absolute atomic E-state index is 0.0850. The van der Waals surface area contributed by atoms with Crippen molar-refractivity contribution in [3.63, 3.8) is 0 Å². The summed E-state index contributed by atoms with van der Waals surface area (Å²) >= 11 is 6.06. The number of anilines is 1. The van der Waals surface area contributed by atoms with Crippen LogP contribution in [0.4, 0.5) is 5.88 Å². The summed E-state index contributed by atoms with van der Waals surface area (Å²) in [6, 6.07) is 4.36. The molecule has 1 N–H and O–H groups in total. The summed E-state index contributed by atoms with van der Waals surface area (Å²) in [7, 11) is 0. The number of aryl methyl sites for hydroxylation is 2. The monoisotopic (exact) mass is 372 g/mol. The molecule has 0 fully saturated rings. The Bertz CT molecular complexity index is 1080. The van der Waals surface area contributed by atoms with E-state index in [4.69, 9.17) is 20.5 Å². The predicted octanol–water partition coefficient (Wildman–Crippen LogP) is 4.12. The lowest BCUT2D eigenvalue weighted by Gasteiger charge is -2.16. The average Bonchev–Trinajstić information content (AvgIpc) is 2.98. The molecule has 0 saturated carbocycles. The maximum atomic E-state index is 12.6. The predicted molar refractivity (Wildman–Crippen MR) is 97.9 cm³/mol. The molecule has 3 aromatic rings. The molecule has 7 heteroatoms. The van der Waals surface area contributed by atoms with Gasteiger partial charge in [0.15, 0.2) is 11.2 Å². The van der Waals surface area contributed by atoms with Crippen LogP contribution < -0.4 is 10.7 Å². The molecule has 0 spiro atoms. The third kappa shape index (κ3) is 2.90. The highest BCUT2D eigenvalue weighted by Crippen LogP contribution is 2.31. The van der Waals surface area contributed by atoms with Gasteiger partial charge in [0.25, 0.3) is 5.91 Å². The van der Waals surface area contributed by atoms with Gasteiger partial charge in [0, 0.05) is 16.7 Å². The van der Waals surface area contributed by atoms with Crippen LogP contribution in [-0.4, -0.2) is 11.1 Å². The van der Waals surface area contributed by atoms with Crippen molar-refractivity contribution in [1.82, 2.24) is 5.16 Å². The summed E-state index contributed by atoms with van der Waals surface area (Å²) in [5, 5.41) is 7.52. The van der Waals surface area contributed by atoms with Gasteiger partial charge in [-0.2, -0.15) is 0 Å².